The fourth-order valence-electron chi connectivity index (χ4n) is 8.06. The van der Waals surface area contributed by atoms with Crippen molar-refractivity contribution >= 4 is 119 Å². The molecule has 4 aromatic heterocycles. The predicted molar refractivity (Wildman–Crippen MR) is 255 cm³/mol. The molecule has 0 amide bonds. The molecule has 0 radical (unpaired) electrons. The van der Waals surface area contributed by atoms with E-state index in [9.17, 15) is 47.3 Å². The van der Waals surface area contributed by atoms with Crippen LogP contribution in [0.5, 0.6) is 0 Å². The third-order valence-electron chi connectivity index (χ3n) is 10.9. The summed E-state index contributed by atoms with van der Waals surface area (Å²) in [7, 11) is -19.5. The van der Waals surface area contributed by atoms with Crippen molar-refractivity contribution in [2.75, 3.05) is 15.8 Å². The second-order valence-electron chi connectivity index (χ2n) is 15.4. The number of hydrogen-bond donors (Lipinski definition) is 8. The average Bonchev–Trinajstić information content (AvgIpc) is 4.03. The zero-order valence-electron chi connectivity index (χ0n) is 35.0. The Morgan fingerprint density at radius 3 is 1.70 bits per heavy atom. The summed E-state index contributed by atoms with van der Waals surface area (Å²) >= 11 is 5.94. The molecule has 0 aliphatic carbocycles. The van der Waals surface area contributed by atoms with Crippen LogP contribution in [0.15, 0.2) is 117 Å². The van der Waals surface area contributed by atoms with E-state index in [1.165, 1.54) is 66.7 Å². The van der Waals surface area contributed by atoms with Crippen molar-refractivity contribution in [3.05, 3.63) is 102 Å². The molecule has 71 heavy (non-hydrogen) atoms. The Balaban J connectivity index is 1.22. The fraction of sp³-hybridized carbons (Fsp3) is 0. The molecule has 8 bridgehead atoms. The van der Waals surface area contributed by atoms with Crippen molar-refractivity contribution in [1.82, 2.24) is 54.8 Å². The van der Waals surface area contributed by atoms with Crippen molar-refractivity contribution in [3.8, 4) is 45.6 Å². The lowest BCUT2D eigenvalue weighted by molar-refractivity contribution is 0.481. The lowest BCUT2D eigenvalue weighted by atomic mass is 10.1. The number of aromatic nitrogens is 11. The van der Waals surface area contributed by atoms with Crippen molar-refractivity contribution in [2.45, 2.75) is 19.6 Å². The van der Waals surface area contributed by atoms with Gasteiger partial charge in [0.1, 0.15) is 32.4 Å². The highest BCUT2D eigenvalue weighted by atomic mass is 35.5. The first kappa shape index (κ1) is 45.3. The van der Waals surface area contributed by atoms with Gasteiger partial charge in [-0.15, -0.1) is 0 Å². The van der Waals surface area contributed by atoms with Crippen LogP contribution in [0, 0.1) is 0 Å². The molecule has 0 saturated heterocycles. The van der Waals surface area contributed by atoms with Crippen LogP contribution in [0.3, 0.4) is 0 Å². The molecule has 0 unspecified atom stereocenters. The van der Waals surface area contributed by atoms with Crippen molar-refractivity contribution in [1.29, 1.82) is 0 Å². The van der Waals surface area contributed by atoms with Gasteiger partial charge in [-0.3, -0.25) is 18.4 Å². The highest BCUT2D eigenvalue weighted by molar-refractivity contribution is 7.93. The van der Waals surface area contributed by atoms with Gasteiger partial charge in [-0.05, 0) is 66.2 Å². The molecule has 6 heterocycles. The van der Waals surface area contributed by atoms with Crippen LogP contribution in [-0.2, 0) is 40.4 Å². The van der Waals surface area contributed by atoms with Crippen LogP contribution >= 0.6 is 11.6 Å². The molecule has 0 spiro atoms. The number of anilines is 4. The number of H-pyrrole nitrogens is 2. The molecule has 0 fully saturated rings. The summed E-state index contributed by atoms with van der Waals surface area (Å²) in [6.07, 6.45) is 0. The van der Waals surface area contributed by atoms with Gasteiger partial charge in [-0.2, -0.15) is 40.2 Å². The molecule has 9 N–H and O–H groups in total. The van der Waals surface area contributed by atoms with E-state index in [0.717, 1.165) is 24.3 Å². The molecule has 25 nitrogen and oxygen atoms in total. The van der Waals surface area contributed by atoms with Crippen LogP contribution in [0.2, 0.25) is 5.28 Å². The number of nitrogens with one attached hydrogen (secondary N) is 4. The third-order valence-corrected chi connectivity index (χ3v) is 15.1. The van der Waals surface area contributed by atoms with Crippen LogP contribution in [0.4, 0.5) is 23.3 Å². The van der Waals surface area contributed by atoms with Gasteiger partial charge in [0.05, 0.1) is 26.6 Å². The van der Waals surface area contributed by atoms with E-state index < -0.39 is 55.1 Å². The number of nitrogens with zero attached hydrogens (tertiary/aromatic N) is 9. The van der Waals surface area contributed by atoms with E-state index in [-0.39, 0.29) is 117 Å². The quantitative estimate of drug-likeness (QED) is 0.0861. The summed E-state index contributed by atoms with van der Waals surface area (Å²) in [4.78, 5) is 43.2. The standard InChI is InChI=1S/C41H25ClN14O11S4/c42-39-53-40(43)55-41(54-39)44-17-5-1-6-18(15-17)56-68(57,58)25-10-2-7-21-28(25)36-47-31-20-14-13-19(69(59,60)61)16-24(20)35(45-31)46-32-22-8-3-11-26(70(62,63)64)29(22)37(48-32)51-34-23-9-4-12-27(71(65,66)67)30(23)38(52-34)50-33(21)49-36/h1-16,56H,(H,59,60,61)(H,62,63,64)(H,65,66,67)(H3,43,44,53,54,55)(H2,45,46,47,48,49,50,51,52). The highest BCUT2D eigenvalue weighted by Crippen LogP contribution is 2.42. The Kier molecular flexibility index (Phi) is 10.2. The SMILES string of the molecule is Nc1nc(Cl)nc(Nc2cccc(NS(=O)(=O)c3cccc4c3-c3nc-4nc4[nH]c(nc5nc(nc6[nH]c(n3)c3ccc(S(=O)(=O)O)cc63)-c3cccc(S(=O)(=O)O)c3-5)c3cccc(S(=O)(=O)O)c43)c2)n1. The Morgan fingerprint density at radius 2 is 1.04 bits per heavy atom. The zero-order valence-corrected chi connectivity index (χ0v) is 39.0. The minimum absolute atomic E-state index is 0.00568. The molecule has 5 aromatic carbocycles. The number of benzene rings is 5. The molecule has 30 heteroatoms. The number of sulfonamides is 1. The van der Waals surface area contributed by atoms with Crippen LogP contribution in [0.1, 0.15) is 0 Å². The first-order chi connectivity index (χ1) is 33.6. The molecule has 9 aromatic rings. The van der Waals surface area contributed by atoms with E-state index in [2.05, 4.69) is 54.9 Å². The van der Waals surface area contributed by atoms with E-state index in [1.54, 1.807) is 6.07 Å². The van der Waals surface area contributed by atoms with E-state index in [1.807, 2.05) is 0 Å². The van der Waals surface area contributed by atoms with Crippen LogP contribution in [-0.4, -0.2) is 102 Å². The summed E-state index contributed by atoms with van der Waals surface area (Å²) in [5, 5.41) is 2.64. The maximum absolute atomic E-state index is 14.6. The molecule has 2 aliphatic heterocycles. The second-order valence-corrected chi connectivity index (χ2v) is 21.6. The van der Waals surface area contributed by atoms with Gasteiger partial charge < -0.3 is 21.0 Å². The fourth-order valence-corrected chi connectivity index (χ4v) is 11.4. The number of fused-ring (bicyclic) bond motifs is 20. The minimum atomic E-state index is -5.01. The zero-order chi connectivity index (χ0) is 49.9. The first-order valence-corrected chi connectivity index (χ1v) is 26.1. The molecule has 0 atom stereocenters. The number of nitrogens with two attached hydrogens (primary N) is 1. The molecule has 11 rings (SSSR count). The van der Waals surface area contributed by atoms with Gasteiger partial charge in [0.25, 0.3) is 40.4 Å². The first-order valence-electron chi connectivity index (χ1n) is 19.9. The number of aromatic amines is 2. The van der Waals surface area contributed by atoms with Gasteiger partial charge in [0.2, 0.25) is 17.2 Å². The van der Waals surface area contributed by atoms with Gasteiger partial charge in [-0.1, -0.05) is 42.5 Å². The van der Waals surface area contributed by atoms with E-state index in [0.29, 0.717) is 5.69 Å². The molecular weight excluding hydrogens is 1030 g/mol. The molecule has 0 saturated carbocycles. The smallest absolute Gasteiger partial charge is 0.295 e. The molecule has 356 valence electrons. The Labute approximate surface area is 402 Å². The van der Waals surface area contributed by atoms with Gasteiger partial charge in [0, 0.05) is 38.4 Å². The van der Waals surface area contributed by atoms with Gasteiger partial charge in [0.15, 0.2) is 23.3 Å². The van der Waals surface area contributed by atoms with Crippen LogP contribution in [0.25, 0.3) is 89.7 Å². The lowest BCUT2D eigenvalue weighted by Gasteiger charge is -2.13. The second kappa shape index (κ2) is 15.9. The predicted octanol–water partition coefficient (Wildman–Crippen LogP) is 5.57. The highest BCUT2D eigenvalue weighted by Gasteiger charge is 2.32. The number of rotatable bonds is 8. The maximum Gasteiger partial charge on any atom is 0.295 e. The summed E-state index contributed by atoms with van der Waals surface area (Å²) < 4.78 is 139. The maximum atomic E-state index is 14.6. The number of hydrogen-bond acceptors (Lipinski definition) is 19. The van der Waals surface area contributed by atoms with Crippen molar-refractivity contribution in [3.63, 3.8) is 0 Å². The summed E-state index contributed by atoms with van der Waals surface area (Å²) in [6.45, 7) is 0. The summed E-state index contributed by atoms with van der Waals surface area (Å²) in [6, 6.07) is 21.2. The third kappa shape index (κ3) is 8.05. The molecular formula is C41H25ClN14O11S4. The van der Waals surface area contributed by atoms with Gasteiger partial charge in [-0.25, -0.2) is 38.3 Å². The van der Waals surface area contributed by atoms with Gasteiger partial charge >= 0.3 is 0 Å². The Hall–Kier alpha value is -8.16. The number of halogens is 1. The Bertz CT molecular complexity index is 4500. The number of nitrogen functional groups attached to an aromatic ring is 1. The summed E-state index contributed by atoms with van der Waals surface area (Å²) in [5.74, 6) is -1.35. The summed E-state index contributed by atoms with van der Waals surface area (Å²) in [5.41, 5.74) is 5.03. The average molecular weight is 1050 g/mol. The normalized spacial score (nSPS) is 12.7. The van der Waals surface area contributed by atoms with E-state index in [4.69, 9.17) is 27.3 Å². The minimum Gasteiger partial charge on any atom is -0.368 e. The Morgan fingerprint density at radius 1 is 0.493 bits per heavy atom. The van der Waals surface area contributed by atoms with E-state index >= 15 is 0 Å². The lowest BCUT2D eigenvalue weighted by Crippen LogP contribution is -2.14. The van der Waals surface area contributed by atoms with Crippen molar-refractivity contribution in [2.24, 2.45) is 0 Å². The van der Waals surface area contributed by atoms with Crippen LogP contribution < -0.4 is 15.8 Å². The molecule has 2 aliphatic rings. The van der Waals surface area contributed by atoms with Crippen molar-refractivity contribution < 1.29 is 47.3 Å². The topological polar surface area (TPSA) is 395 Å². The monoisotopic (exact) mass is 1050 g/mol. The largest absolute Gasteiger partial charge is 0.368 e.